The largest absolute Gasteiger partial charge is 0.487 e. The number of rotatable bonds is 5. The van der Waals surface area contributed by atoms with Gasteiger partial charge in [0.25, 0.3) is 0 Å². The molecular formula is C21H29N3O5. The first-order valence-corrected chi connectivity index (χ1v) is 10.2. The second kappa shape index (κ2) is 9.62. The molecule has 2 heterocycles. The van der Waals surface area contributed by atoms with E-state index in [0.717, 1.165) is 5.69 Å². The van der Waals surface area contributed by atoms with Crippen molar-refractivity contribution in [2.75, 3.05) is 31.1 Å². The molecule has 1 saturated heterocycles. The monoisotopic (exact) mass is 403 g/mol. The molecule has 1 aromatic rings. The highest BCUT2D eigenvalue weighted by molar-refractivity contribution is 5.97. The fourth-order valence-electron chi connectivity index (χ4n) is 3.70. The zero-order valence-electron chi connectivity index (χ0n) is 17.1. The van der Waals surface area contributed by atoms with Gasteiger partial charge in [0, 0.05) is 32.0 Å². The van der Waals surface area contributed by atoms with E-state index >= 15 is 0 Å². The Morgan fingerprint density at radius 2 is 1.90 bits per heavy atom. The van der Waals surface area contributed by atoms with Crippen molar-refractivity contribution in [1.29, 1.82) is 0 Å². The van der Waals surface area contributed by atoms with E-state index in [1.807, 2.05) is 31.2 Å². The first-order chi connectivity index (χ1) is 14.0. The Hall–Kier alpha value is -2.77. The Morgan fingerprint density at radius 3 is 2.62 bits per heavy atom. The summed E-state index contributed by atoms with van der Waals surface area (Å²) >= 11 is 0. The van der Waals surface area contributed by atoms with E-state index in [4.69, 9.17) is 9.47 Å². The summed E-state index contributed by atoms with van der Waals surface area (Å²) in [6.45, 7) is 5.66. The molecule has 3 rings (SSSR count). The predicted octanol–water partition coefficient (Wildman–Crippen LogP) is 2.32. The summed E-state index contributed by atoms with van der Waals surface area (Å²) in [5.74, 6) is 0.472. The van der Waals surface area contributed by atoms with Crippen LogP contribution in [-0.2, 0) is 14.3 Å². The summed E-state index contributed by atoms with van der Waals surface area (Å²) in [7, 11) is 0. The third-order valence-corrected chi connectivity index (χ3v) is 5.18. The zero-order chi connectivity index (χ0) is 20.8. The summed E-state index contributed by atoms with van der Waals surface area (Å²) in [4.78, 5) is 40.1. The number of benzene rings is 1. The van der Waals surface area contributed by atoms with Gasteiger partial charge in [-0.15, -0.1) is 0 Å². The van der Waals surface area contributed by atoms with Gasteiger partial charge in [0.15, 0.2) is 0 Å². The van der Waals surface area contributed by atoms with Crippen LogP contribution >= 0.6 is 0 Å². The molecule has 1 fully saturated rings. The molecule has 0 unspecified atom stereocenters. The highest BCUT2D eigenvalue weighted by Gasteiger charge is 2.28. The molecule has 1 atom stereocenters. The maximum absolute atomic E-state index is 12.7. The molecule has 0 radical (unpaired) electrons. The molecule has 0 aliphatic carbocycles. The molecule has 0 bridgehead atoms. The number of carbonyl (C=O) groups is 3. The van der Waals surface area contributed by atoms with Crippen molar-refractivity contribution in [2.45, 2.75) is 51.7 Å². The van der Waals surface area contributed by atoms with Crippen molar-refractivity contribution in [3.63, 3.8) is 0 Å². The lowest BCUT2D eigenvalue weighted by molar-refractivity contribution is -0.126. The van der Waals surface area contributed by atoms with Gasteiger partial charge in [-0.1, -0.05) is 12.1 Å². The van der Waals surface area contributed by atoms with Gasteiger partial charge in [0.05, 0.1) is 18.8 Å². The number of nitrogens with zero attached hydrogens (tertiary/aromatic N) is 2. The van der Waals surface area contributed by atoms with E-state index in [2.05, 4.69) is 5.32 Å². The average Bonchev–Trinajstić information content (AvgIpc) is 2.72. The molecule has 2 aliphatic heterocycles. The number of carbonyl (C=O) groups excluding carboxylic acids is 3. The Morgan fingerprint density at radius 1 is 1.17 bits per heavy atom. The van der Waals surface area contributed by atoms with Crippen molar-refractivity contribution in [3.8, 4) is 5.75 Å². The van der Waals surface area contributed by atoms with Gasteiger partial charge in [-0.25, -0.2) is 4.79 Å². The lowest BCUT2D eigenvalue weighted by atomic mass is 10.0. The van der Waals surface area contributed by atoms with Crippen LogP contribution in [0, 0.1) is 0 Å². The van der Waals surface area contributed by atoms with Crippen LogP contribution < -0.4 is 15.0 Å². The number of hydrogen-bond donors (Lipinski definition) is 1. The standard InChI is InChI=1S/C21H29N3O5/c1-3-28-21(27)23-12-10-16(11-13-23)22-19(25)8-9-20(26)24-14-15(2)29-18-7-5-4-6-17(18)24/h4-7,15-16H,3,8-14H2,1-2H3,(H,22,25)/t15-/m1/s1. The van der Waals surface area contributed by atoms with Crippen LogP contribution in [0.1, 0.15) is 39.5 Å². The number of amides is 3. The highest BCUT2D eigenvalue weighted by Crippen LogP contribution is 2.33. The fraction of sp³-hybridized carbons (Fsp3) is 0.571. The number of hydrogen-bond acceptors (Lipinski definition) is 5. The van der Waals surface area contributed by atoms with E-state index in [1.54, 1.807) is 16.7 Å². The molecule has 158 valence electrons. The van der Waals surface area contributed by atoms with Crippen molar-refractivity contribution in [3.05, 3.63) is 24.3 Å². The van der Waals surface area contributed by atoms with Crippen LogP contribution in [-0.4, -0.2) is 61.2 Å². The van der Waals surface area contributed by atoms with Gasteiger partial charge in [0.2, 0.25) is 11.8 Å². The number of para-hydroxylation sites is 2. The van der Waals surface area contributed by atoms with Gasteiger partial charge >= 0.3 is 6.09 Å². The normalized spacial score (nSPS) is 19.2. The van der Waals surface area contributed by atoms with Crippen LogP contribution in [0.3, 0.4) is 0 Å². The molecule has 0 saturated carbocycles. The molecule has 8 nitrogen and oxygen atoms in total. The molecule has 3 amide bonds. The third-order valence-electron chi connectivity index (χ3n) is 5.18. The van der Waals surface area contributed by atoms with E-state index in [0.29, 0.717) is 44.8 Å². The molecular weight excluding hydrogens is 374 g/mol. The summed E-state index contributed by atoms with van der Waals surface area (Å²) in [6, 6.07) is 7.47. The predicted molar refractivity (Wildman–Crippen MR) is 108 cm³/mol. The minimum absolute atomic E-state index is 0.0208. The molecule has 8 heteroatoms. The molecule has 2 aliphatic rings. The van der Waals surface area contributed by atoms with Crippen molar-refractivity contribution in [1.82, 2.24) is 10.2 Å². The van der Waals surface area contributed by atoms with Crippen LogP contribution in [0.15, 0.2) is 24.3 Å². The van der Waals surface area contributed by atoms with Gasteiger partial charge < -0.3 is 24.6 Å². The first kappa shape index (κ1) is 21.0. The van der Waals surface area contributed by atoms with Crippen molar-refractivity contribution < 1.29 is 23.9 Å². The Labute approximate surface area is 171 Å². The van der Waals surface area contributed by atoms with Crippen LogP contribution in [0.2, 0.25) is 0 Å². The lowest BCUT2D eigenvalue weighted by Gasteiger charge is -2.33. The number of anilines is 1. The summed E-state index contributed by atoms with van der Waals surface area (Å²) in [5.41, 5.74) is 0.752. The highest BCUT2D eigenvalue weighted by atomic mass is 16.6. The van der Waals surface area contributed by atoms with Gasteiger partial charge in [-0.05, 0) is 38.8 Å². The van der Waals surface area contributed by atoms with E-state index < -0.39 is 0 Å². The van der Waals surface area contributed by atoms with Gasteiger partial charge in [-0.3, -0.25) is 9.59 Å². The summed E-state index contributed by atoms with van der Waals surface area (Å²) in [5, 5.41) is 2.98. The SMILES string of the molecule is CCOC(=O)N1CCC(NC(=O)CCC(=O)N2C[C@@H](C)Oc3ccccc32)CC1. The molecule has 1 aromatic carbocycles. The fourth-order valence-corrected chi connectivity index (χ4v) is 3.70. The minimum atomic E-state index is -0.303. The number of piperidine rings is 1. The quantitative estimate of drug-likeness (QED) is 0.815. The van der Waals surface area contributed by atoms with Crippen molar-refractivity contribution >= 4 is 23.6 Å². The minimum Gasteiger partial charge on any atom is -0.487 e. The van der Waals surface area contributed by atoms with E-state index in [9.17, 15) is 14.4 Å². The number of ether oxygens (including phenoxy) is 2. The maximum Gasteiger partial charge on any atom is 0.409 e. The Bertz CT molecular complexity index is 746. The number of likely N-dealkylation sites (tertiary alicyclic amines) is 1. The van der Waals surface area contributed by atoms with Gasteiger partial charge in [-0.2, -0.15) is 0 Å². The maximum atomic E-state index is 12.7. The summed E-state index contributed by atoms with van der Waals surface area (Å²) in [6.07, 6.45) is 1.27. The summed E-state index contributed by atoms with van der Waals surface area (Å²) < 4.78 is 10.8. The molecule has 1 N–H and O–H groups in total. The van der Waals surface area contributed by atoms with Gasteiger partial charge in [0.1, 0.15) is 11.9 Å². The first-order valence-electron chi connectivity index (χ1n) is 10.2. The third kappa shape index (κ3) is 5.40. The molecule has 0 aromatic heterocycles. The smallest absolute Gasteiger partial charge is 0.409 e. The lowest BCUT2D eigenvalue weighted by Crippen LogP contribution is -2.47. The number of fused-ring (bicyclic) bond motifs is 1. The van der Waals surface area contributed by atoms with E-state index in [1.165, 1.54) is 0 Å². The Balaban J connectivity index is 1.44. The zero-order valence-corrected chi connectivity index (χ0v) is 17.1. The molecule has 29 heavy (non-hydrogen) atoms. The average molecular weight is 403 g/mol. The van der Waals surface area contributed by atoms with Crippen LogP contribution in [0.25, 0.3) is 0 Å². The second-order valence-corrected chi connectivity index (χ2v) is 7.43. The topological polar surface area (TPSA) is 88.2 Å². The van der Waals surface area contributed by atoms with Crippen molar-refractivity contribution in [2.24, 2.45) is 0 Å². The van der Waals surface area contributed by atoms with E-state index in [-0.39, 0.29) is 42.9 Å². The molecule has 0 spiro atoms. The number of nitrogens with one attached hydrogen (secondary N) is 1. The Kier molecular flexibility index (Phi) is 6.95. The second-order valence-electron chi connectivity index (χ2n) is 7.43. The van der Waals surface area contributed by atoms with Crippen LogP contribution in [0.4, 0.5) is 10.5 Å². The van der Waals surface area contributed by atoms with Crippen LogP contribution in [0.5, 0.6) is 5.75 Å².